The molecule has 0 saturated heterocycles. The Labute approximate surface area is 154 Å². The van der Waals surface area contributed by atoms with Gasteiger partial charge in [-0.1, -0.05) is 60.7 Å². The van der Waals surface area contributed by atoms with Crippen molar-refractivity contribution in [3.05, 3.63) is 84.4 Å². The van der Waals surface area contributed by atoms with Crippen LogP contribution in [0.2, 0.25) is 0 Å². The van der Waals surface area contributed by atoms with Crippen molar-refractivity contribution >= 4 is 48.2 Å². The molecule has 5 aromatic rings. The molecular weight excluding hydrogens is 338 g/mol. The zero-order valence-corrected chi connectivity index (χ0v) is 14.7. The second-order valence-electron chi connectivity index (χ2n) is 6.35. The molecule has 0 atom stereocenters. The van der Waals surface area contributed by atoms with Crippen molar-refractivity contribution in [2.45, 2.75) is 0 Å². The Balaban J connectivity index is 1.98. The summed E-state index contributed by atoms with van der Waals surface area (Å²) in [6.07, 6.45) is 0. The Morgan fingerprint density at radius 2 is 1.35 bits per heavy atom. The first-order valence-corrected chi connectivity index (χ1v) is 9.28. The van der Waals surface area contributed by atoms with Crippen LogP contribution in [0.15, 0.2) is 78.9 Å². The van der Waals surface area contributed by atoms with E-state index in [2.05, 4.69) is 48.5 Å². The lowest BCUT2D eigenvalue weighted by molar-refractivity contribution is 0.100. The van der Waals surface area contributed by atoms with Crippen molar-refractivity contribution in [1.29, 1.82) is 0 Å². The van der Waals surface area contributed by atoms with E-state index in [1.165, 1.54) is 25.6 Å². The van der Waals surface area contributed by atoms with E-state index < -0.39 is 5.91 Å². The molecule has 0 unspecified atom stereocenters. The zero-order valence-electron chi connectivity index (χ0n) is 13.9. The van der Waals surface area contributed by atoms with E-state index in [1.807, 2.05) is 24.3 Å². The average molecular weight is 353 g/mol. The van der Waals surface area contributed by atoms with Crippen LogP contribution >= 0.6 is 11.3 Å². The lowest BCUT2D eigenvalue weighted by Gasteiger charge is -2.11. The third kappa shape index (κ3) is 2.14. The molecular formula is C23H15NOS. The summed E-state index contributed by atoms with van der Waals surface area (Å²) >= 11 is 1.78. The maximum atomic E-state index is 12.0. The standard InChI is InChI=1S/C23H15NOS/c24-23(25)17-10-4-2-8-15(17)19-13-21-22(16-9-3-1-7-14(16)19)18-11-5-6-12-20(18)26-21/h1-13H,(H2,24,25). The molecule has 0 saturated carbocycles. The Hall–Kier alpha value is -3.17. The molecule has 0 aliphatic rings. The van der Waals surface area contributed by atoms with Crippen molar-refractivity contribution in [2.24, 2.45) is 5.73 Å². The summed E-state index contributed by atoms with van der Waals surface area (Å²) in [6.45, 7) is 0. The number of rotatable bonds is 2. The molecule has 2 nitrogen and oxygen atoms in total. The highest BCUT2D eigenvalue weighted by Crippen LogP contribution is 2.43. The van der Waals surface area contributed by atoms with E-state index in [0.717, 1.165) is 16.5 Å². The van der Waals surface area contributed by atoms with Gasteiger partial charge >= 0.3 is 0 Å². The van der Waals surface area contributed by atoms with E-state index in [4.69, 9.17) is 5.73 Å². The number of thiophene rings is 1. The Bertz CT molecular complexity index is 1320. The van der Waals surface area contributed by atoms with Crippen LogP contribution in [0.3, 0.4) is 0 Å². The lowest BCUT2D eigenvalue weighted by Crippen LogP contribution is -2.12. The predicted molar refractivity (Wildman–Crippen MR) is 111 cm³/mol. The number of primary amides is 1. The summed E-state index contributed by atoms with van der Waals surface area (Å²) in [6, 6.07) is 26.6. The normalized spacial score (nSPS) is 11.4. The number of benzene rings is 4. The molecule has 0 bridgehead atoms. The minimum absolute atomic E-state index is 0.402. The third-order valence-corrected chi connectivity index (χ3v) is 5.99. The van der Waals surface area contributed by atoms with Crippen molar-refractivity contribution in [3.63, 3.8) is 0 Å². The van der Waals surface area contributed by atoms with Crippen LogP contribution in [-0.4, -0.2) is 5.91 Å². The van der Waals surface area contributed by atoms with Gasteiger partial charge in [-0.25, -0.2) is 0 Å². The molecule has 4 aromatic carbocycles. The van der Waals surface area contributed by atoms with Crippen LogP contribution in [0.5, 0.6) is 0 Å². The number of fused-ring (bicyclic) bond motifs is 5. The van der Waals surface area contributed by atoms with E-state index in [-0.39, 0.29) is 0 Å². The van der Waals surface area contributed by atoms with Crippen LogP contribution < -0.4 is 5.73 Å². The Morgan fingerprint density at radius 1 is 0.692 bits per heavy atom. The first-order chi connectivity index (χ1) is 12.7. The highest BCUT2D eigenvalue weighted by Gasteiger charge is 2.16. The fraction of sp³-hybridized carbons (Fsp3) is 0. The topological polar surface area (TPSA) is 43.1 Å². The van der Waals surface area contributed by atoms with Gasteiger partial charge in [-0.15, -0.1) is 11.3 Å². The highest BCUT2D eigenvalue weighted by atomic mass is 32.1. The second-order valence-corrected chi connectivity index (χ2v) is 7.43. The molecule has 124 valence electrons. The van der Waals surface area contributed by atoms with Crippen molar-refractivity contribution < 1.29 is 4.79 Å². The van der Waals surface area contributed by atoms with E-state index in [1.54, 1.807) is 17.4 Å². The first-order valence-electron chi connectivity index (χ1n) is 8.46. The molecule has 2 N–H and O–H groups in total. The summed E-state index contributed by atoms with van der Waals surface area (Å²) in [7, 11) is 0. The van der Waals surface area contributed by atoms with Crippen LogP contribution in [0.1, 0.15) is 10.4 Å². The molecule has 0 fully saturated rings. The van der Waals surface area contributed by atoms with Gasteiger partial charge in [-0.3, -0.25) is 4.79 Å². The van der Waals surface area contributed by atoms with Crippen LogP contribution in [0.25, 0.3) is 42.1 Å². The number of carbonyl (C=O) groups excluding carboxylic acids is 1. The average Bonchev–Trinajstić information content (AvgIpc) is 3.06. The number of nitrogens with two attached hydrogens (primary N) is 1. The van der Waals surface area contributed by atoms with Gasteiger partial charge in [0.05, 0.1) is 0 Å². The monoisotopic (exact) mass is 353 g/mol. The third-order valence-electron chi connectivity index (χ3n) is 4.87. The van der Waals surface area contributed by atoms with Gasteiger partial charge in [0, 0.05) is 25.7 Å². The van der Waals surface area contributed by atoms with Gasteiger partial charge < -0.3 is 5.73 Å². The molecule has 1 heterocycles. The molecule has 26 heavy (non-hydrogen) atoms. The molecule has 0 aliphatic heterocycles. The zero-order chi connectivity index (χ0) is 17.7. The SMILES string of the molecule is NC(=O)c1ccccc1-c1cc2sc3ccccc3c2c2ccccc12. The first kappa shape index (κ1) is 15.1. The van der Waals surface area contributed by atoms with E-state index in [9.17, 15) is 4.79 Å². The Morgan fingerprint density at radius 3 is 2.15 bits per heavy atom. The fourth-order valence-electron chi connectivity index (χ4n) is 3.74. The number of hydrogen-bond donors (Lipinski definition) is 1. The Kier molecular flexibility index (Phi) is 3.30. The van der Waals surface area contributed by atoms with Gasteiger partial charge in [-0.2, -0.15) is 0 Å². The van der Waals surface area contributed by atoms with Gasteiger partial charge in [-0.05, 0) is 40.1 Å². The van der Waals surface area contributed by atoms with Gasteiger partial charge in [0.15, 0.2) is 0 Å². The molecule has 1 amide bonds. The minimum Gasteiger partial charge on any atom is -0.366 e. The van der Waals surface area contributed by atoms with E-state index >= 15 is 0 Å². The van der Waals surface area contributed by atoms with Gasteiger partial charge in [0.25, 0.3) is 0 Å². The molecule has 0 radical (unpaired) electrons. The lowest BCUT2D eigenvalue weighted by atomic mass is 9.92. The number of hydrogen-bond acceptors (Lipinski definition) is 2. The summed E-state index contributed by atoms with van der Waals surface area (Å²) < 4.78 is 2.49. The van der Waals surface area contributed by atoms with Crippen LogP contribution in [-0.2, 0) is 0 Å². The quantitative estimate of drug-likeness (QED) is 0.417. The maximum Gasteiger partial charge on any atom is 0.249 e. The van der Waals surface area contributed by atoms with Crippen molar-refractivity contribution in [2.75, 3.05) is 0 Å². The largest absolute Gasteiger partial charge is 0.366 e. The molecule has 3 heteroatoms. The minimum atomic E-state index is -0.402. The van der Waals surface area contributed by atoms with Crippen LogP contribution in [0.4, 0.5) is 0 Å². The van der Waals surface area contributed by atoms with Crippen molar-refractivity contribution in [1.82, 2.24) is 0 Å². The maximum absolute atomic E-state index is 12.0. The summed E-state index contributed by atoms with van der Waals surface area (Å²) in [5.74, 6) is -0.402. The molecule has 0 aliphatic carbocycles. The summed E-state index contributed by atoms with van der Waals surface area (Å²) in [4.78, 5) is 12.0. The number of carbonyl (C=O) groups is 1. The molecule has 1 aromatic heterocycles. The summed E-state index contributed by atoms with van der Waals surface area (Å²) in [5.41, 5.74) is 8.12. The predicted octanol–water partition coefficient (Wildman–Crippen LogP) is 5.97. The number of amides is 1. The second kappa shape index (κ2) is 5.68. The van der Waals surface area contributed by atoms with Gasteiger partial charge in [0.1, 0.15) is 0 Å². The van der Waals surface area contributed by atoms with E-state index in [0.29, 0.717) is 5.56 Å². The highest BCUT2D eigenvalue weighted by molar-refractivity contribution is 7.26. The molecule has 5 rings (SSSR count). The summed E-state index contributed by atoms with van der Waals surface area (Å²) in [5, 5.41) is 4.90. The molecule has 0 spiro atoms. The smallest absolute Gasteiger partial charge is 0.249 e. The fourth-order valence-corrected chi connectivity index (χ4v) is 4.91. The van der Waals surface area contributed by atoms with Gasteiger partial charge in [0.2, 0.25) is 5.91 Å². The van der Waals surface area contributed by atoms with Crippen LogP contribution in [0, 0.1) is 0 Å². The van der Waals surface area contributed by atoms with Crippen molar-refractivity contribution in [3.8, 4) is 11.1 Å².